The molecule has 0 aliphatic carbocycles. The number of benzene rings is 2. The molecule has 0 aliphatic rings. The Balaban J connectivity index is 1.99. The average Bonchev–Trinajstić information content (AvgIpc) is 2.49. The van der Waals surface area contributed by atoms with Crippen molar-refractivity contribution in [3.05, 3.63) is 65.2 Å². The zero-order valence-corrected chi connectivity index (χ0v) is 12.2. The van der Waals surface area contributed by atoms with Crippen LogP contribution in [0, 0.1) is 11.6 Å². The van der Waals surface area contributed by atoms with Crippen LogP contribution in [0.2, 0.25) is 0 Å². The summed E-state index contributed by atoms with van der Waals surface area (Å²) in [4.78, 5) is 0. The van der Waals surface area contributed by atoms with Crippen LogP contribution in [0.1, 0.15) is 24.0 Å². The standard InChI is InChI=1S/C17H19F2NO/c1-12(10-20-2)14-5-3-13(4-6-14)11-21-17-9-15(18)7-8-16(17)19/h3-9,12,20H,10-11H2,1-2H3. The number of hydrogen-bond donors (Lipinski definition) is 1. The molecule has 0 heterocycles. The van der Waals surface area contributed by atoms with Gasteiger partial charge in [-0.15, -0.1) is 0 Å². The van der Waals surface area contributed by atoms with Gasteiger partial charge in [-0.2, -0.15) is 0 Å². The number of nitrogens with one attached hydrogen (secondary N) is 1. The molecule has 4 heteroatoms. The normalized spacial score (nSPS) is 12.2. The van der Waals surface area contributed by atoms with Gasteiger partial charge < -0.3 is 10.1 Å². The van der Waals surface area contributed by atoms with Gasteiger partial charge in [-0.1, -0.05) is 31.2 Å². The maximum absolute atomic E-state index is 13.4. The molecule has 0 aromatic heterocycles. The first-order valence-electron chi connectivity index (χ1n) is 6.91. The molecule has 0 saturated heterocycles. The Hall–Kier alpha value is -1.94. The quantitative estimate of drug-likeness (QED) is 0.872. The summed E-state index contributed by atoms with van der Waals surface area (Å²) in [6, 6.07) is 11.1. The lowest BCUT2D eigenvalue weighted by atomic mass is 10.00. The molecule has 21 heavy (non-hydrogen) atoms. The zero-order valence-electron chi connectivity index (χ0n) is 12.2. The van der Waals surface area contributed by atoms with Crippen LogP contribution in [-0.4, -0.2) is 13.6 Å². The van der Waals surface area contributed by atoms with Crippen molar-refractivity contribution >= 4 is 0 Å². The second kappa shape index (κ2) is 7.18. The molecular weight excluding hydrogens is 272 g/mol. The Morgan fingerprint density at radius 3 is 2.48 bits per heavy atom. The van der Waals surface area contributed by atoms with Gasteiger partial charge >= 0.3 is 0 Å². The molecule has 0 saturated carbocycles. The van der Waals surface area contributed by atoms with Gasteiger partial charge in [0.15, 0.2) is 11.6 Å². The monoisotopic (exact) mass is 291 g/mol. The van der Waals surface area contributed by atoms with Crippen LogP contribution >= 0.6 is 0 Å². The summed E-state index contributed by atoms with van der Waals surface area (Å²) in [7, 11) is 1.92. The van der Waals surface area contributed by atoms with Gasteiger partial charge in [-0.25, -0.2) is 8.78 Å². The molecule has 0 spiro atoms. The van der Waals surface area contributed by atoms with Gasteiger partial charge in [-0.3, -0.25) is 0 Å². The Bertz CT molecular complexity index is 584. The summed E-state index contributed by atoms with van der Waals surface area (Å²) in [5, 5.41) is 3.14. The van der Waals surface area contributed by atoms with Crippen LogP contribution < -0.4 is 10.1 Å². The fourth-order valence-corrected chi connectivity index (χ4v) is 2.12. The number of likely N-dealkylation sites (N-methyl/N-ethyl adjacent to an activating group) is 1. The summed E-state index contributed by atoms with van der Waals surface area (Å²) in [6.07, 6.45) is 0. The van der Waals surface area contributed by atoms with Crippen LogP contribution in [0.5, 0.6) is 5.75 Å². The number of rotatable bonds is 6. The Kier molecular flexibility index (Phi) is 5.28. The summed E-state index contributed by atoms with van der Waals surface area (Å²) < 4.78 is 31.8. The van der Waals surface area contributed by atoms with Crippen molar-refractivity contribution in [2.75, 3.05) is 13.6 Å². The van der Waals surface area contributed by atoms with Crippen molar-refractivity contribution in [1.82, 2.24) is 5.32 Å². The molecule has 0 aliphatic heterocycles. The van der Waals surface area contributed by atoms with E-state index < -0.39 is 11.6 Å². The first-order chi connectivity index (χ1) is 10.1. The number of ether oxygens (including phenoxy) is 1. The topological polar surface area (TPSA) is 21.3 Å². The highest BCUT2D eigenvalue weighted by atomic mass is 19.1. The van der Waals surface area contributed by atoms with E-state index in [2.05, 4.69) is 12.2 Å². The maximum Gasteiger partial charge on any atom is 0.165 e. The fraction of sp³-hybridized carbons (Fsp3) is 0.294. The summed E-state index contributed by atoms with van der Waals surface area (Å²) in [5.41, 5.74) is 2.14. The van der Waals surface area contributed by atoms with Gasteiger partial charge in [0.2, 0.25) is 0 Å². The summed E-state index contributed by atoms with van der Waals surface area (Å²) in [6.45, 7) is 3.26. The lowest BCUT2D eigenvalue weighted by Gasteiger charge is -2.12. The van der Waals surface area contributed by atoms with Crippen molar-refractivity contribution in [2.24, 2.45) is 0 Å². The van der Waals surface area contributed by atoms with E-state index in [0.717, 1.165) is 30.3 Å². The minimum atomic E-state index is -0.560. The molecule has 1 unspecified atom stereocenters. The third-order valence-corrected chi connectivity index (χ3v) is 3.35. The van der Waals surface area contributed by atoms with Crippen molar-refractivity contribution in [2.45, 2.75) is 19.4 Å². The van der Waals surface area contributed by atoms with Gasteiger partial charge in [0.25, 0.3) is 0 Å². The van der Waals surface area contributed by atoms with Gasteiger partial charge in [0.1, 0.15) is 12.4 Å². The van der Waals surface area contributed by atoms with Crippen LogP contribution in [-0.2, 0) is 6.61 Å². The van der Waals surface area contributed by atoms with E-state index in [0.29, 0.717) is 5.92 Å². The lowest BCUT2D eigenvalue weighted by Crippen LogP contribution is -2.14. The highest BCUT2D eigenvalue weighted by Crippen LogP contribution is 2.20. The molecule has 2 nitrogen and oxygen atoms in total. The third kappa shape index (κ3) is 4.26. The van der Waals surface area contributed by atoms with E-state index in [9.17, 15) is 8.78 Å². The molecule has 2 aromatic carbocycles. The largest absolute Gasteiger partial charge is 0.486 e. The smallest absolute Gasteiger partial charge is 0.165 e. The maximum atomic E-state index is 13.4. The van der Waals surface area contributed by atoms with Crippen molar-refractivity contribution in [1.29, 1.82) is 0 Å². The van der Waals surface area contributed by atoms with Crippen LogP contribution in [0.3, 0.4) is 0 Å². The lowest BCUT2D eigenvalue weighted by molar-refractivity contribution is 0.288. The molecule has 0 bridgehead atoms. The first kappa shape index (κ1) is 15.4. The van der Waals surface area contributed by atoms with Crippen LogP contribution in [0.15, 0.2) is 42.5 Å². The van der Waals surface area contributed by atoms with Gasteiger partial charge in [-0.05, 0) is 36.2 Å². The molecule has 0 fully saturated rings. The van der Waals surface area contributed by atoms with E-state index >= 15 is 0 Å². The molecule has 2 rings (SSSR count). The van der Waals surface area contributed by atoms with Crippen molar-refractivity contribution in [3.8, 4) is 5.75 Å². The highest BCUT2D eigenvalue weighted by Gasteiger charge is 2.07. The predicted molar refractivity (Wildman–Crippen MR) is 79.5 cm³/mol. The summed E-state index contributed by atoms with van der Waals surface area (Å²) >= 11 is 0. The SMILES string of the molecule is CNCC(C)c1ccc(COc2cc(F)ccc2F)cc1. The van der Waals surface area contributed by atoms with E-state index in [1.165, 1.54) is 5.56 Å². The zero-order chi connectivity index (χ0) is 15.2. The molecule has 0 amide bonds. The van der Waals surface area contributed by atoms with Crippen molar-refractivity contribution in [3.63, 3.8) is 0 Å². The molecule has 1 atom stereocenters. The number of hydrogen-bond acceptors (Lipinski definition) is 2. The minimum absolute atomic E-state index is 0.0670. The third-order valence-electron chi connectivity index (χ3n) is 3.35. The fourth-order valence-electron chi connectivity index (χ4n) is 2.12. The van der Waals surface area contributed by atoms with E-state index in [1.807, 2.05) is 31.3 Å². The van der Waals surface area contributed by atoms with Crippen LogP contribution in [0.4, 0.5) is 8.78 Å². The highest BCUT2D eigenvalue weighted by molar-refractivity contribution is 5.27. The molecular formula is C17H19F2NO. The molecule has 0 radical (unpaired) electrons. The molecule has 1 N–H and O–H groups in total. The van der Waals surface area contributed by atoms with Gasteiger partial charge in [0, 0.05) is 12.6 Å². The Morgan fingerprint density at radius 1 is 1.10 bits per heavy atom. The first-order valence-corrected chi connectivity index (χ1v) is 6.91. The number of halogens is 2. The minimum Gasteiger partial charge on any atom is -0.486 e. The van der Waals surface area contributed by atoms with Gasteiger partial charge in [0.05, 0.1) is 0 Å². The van der Waals surface area contributed by atoms with E-state index in [-0.39, 0.29) is 12.4 Å². The molecule has 112 valence electrons. The predicted octanol–water partition coefficient (Wildman–Crippen LogP) is 3.87. The second-order valence-electron chi connectivity index (χ2n) is 5.06. The van der Waals surface area contributed by atoms with E-state index in [4.69, 9.17) is 4.74 Å². The Morgan fingerprint density at radius 2 is 1.81 bits per heavy atom. The summed E-state index contributed by atoms with van der Waals surface area (Å²) in [5.74, 6) is -0.716. The molecule has 2 aromatic rings. The van der Waals surface area contributed by atoms with E-state index in [1.54, 1.807) is 0 Å². The Labute approximate surface area is 123 Å². The average molecular weight is 291 g/mol. The second-order valence-corrected chi connectivity index (χ2v) is 5.06. The van der Waals surface area contributed by atoms with Crippen molar-refractivity contribution < 1.29 is 13.5 Å². The van der Waals surface area contributed by atoms with Crippen LogP contribution in [0.25, 0.3) is 0 Å².